The van der Waals surface area contributed by atoms with Crippen LogP contribution in [0.2, 0.25) is 0 Å². The van der Waals surface area contributed by atoms with E-state index in [-0.39, 0.29) is 0 Å². The highest BCUT2D eigenvalue weighted by molar-refractivity contribution is 6.16. The number of aromatic nitrogens is 1. The maximum absolute atomic E-state index is 5.76. The van der Waals surface area contributed by atoms with Crippen molar-refractivity contribution in [2.75, 3.05) is 0 Å². The van der Waals surface area contributed by atoms with Crippen molar-refractivity contribution < 1.29 is 4.42 Å². The Labute approximate surface area is 100 Å². The molecule has 0 amide bonds. The summed E-state index contributed by atoms with van der Waals surface area (Å²) >= 11 is 5.76. The molecule has 0 aliphatic carbocycles. The third-order valence-corrected chi connectivity index (χ3v) is 2.99. The summed E-state index contributed by atoms with van der Waals surface area (Å²) in [5, 5.41) is 0. The fourth-order valence-corrected chi connectivity index (χ4v) is 1.96. The van der Waals surface area contributed by atoms with Crippen molar-refractivity contribution in [3.05, 3.63) is 53.2 Å². The van der Waals surface area contributed by atoms with Crippen LogP contribution < -0.4 is 0 Å². The minimum atomic E-state index is 0.416. The molecule has 84 valence electrons. The first-order chi connectivity index (χ1) is 7.81. The summed E-state index contributed by atoms with van der Waals surface area (Å²) in [5.41, 5.74) is 3.52. The second kappa shape index (κ2) is 5.17. The molecule has 1 aromatic heterocycles. The summed E-state index contributed by atoms with van der Waals surface area (Å²) in [6, 6.07) is 8.38. The Bertz CT molecular complexity index is 464. The molecule has 3 heteroatoms. The van der Waals surface area contributed by atoms with Crippen LogP contribution in [0.1, 0.15) is 22.6 Å². The van der Waals surface area contributed by atoms with Crippen molar-refractivity contribution in [1.82, 2.24) is 4.98 Å². The highest BCUT2D eigenvalue weighted by atomic mass is 35.5. The van der Waals surface area contributed by atoms with E-state index in [1.807, 2.05) is 0 Å². The smallest absolute Gasteiger partial charge is 0.181 e. The number of benzene rings is 1. The summed E-state index contributed by atoms with van der Waals surface area (Å²) in [6.45, 7) is 2.12. The monoisotopic (exact) mass is 235 g/mol. The predicted octanol–water partition coefficient (Wildman–Crippen LogP) is 3.51. The van der Waals surface area contributed by atoms with E-state index in [4.69, 9.17) is 16.0 Å². The SMILES string of the molecule is Cc1ccccc1CCc1ocnc1CCl. The average Bonchev–Trinajstić information content (AvgIpc) is 2.75. The second-order valence-electron chi connectivity index (χ2n) is 3.78. The van der Waals surface area contributed by atoms with E-state index in [1.54, 1.807) is 0 Å². The van der Waals surface area contributed by atoms with E-state index < -0.39 is 0 Å². The van der Waals surface area contributed by atoms with E-state index in [0.717, 1.165) is 24.3 Å². The van der Waals surface area contributed by atoms with Crippen LogP contribution in [0.4, 0.5) is 0 Å². The van der Waals surface area contributed by atoms with Crippen LogP contribution in [0, 0.1) is 6.92 Å². The van der Waals surface area contributed by atoms with Crippen molar-refractivity contribution >= 4 is 11.6 Å². The molecule has 0 atom stereocenters. The largest absolute Gasteiger partial charge is 0.448 e. The first-order valence-electron chi connectivity index (χ1n) is 5.33. The van der Waals surface area contributed by atoms with Crippen molar-refractivity contribution in [2.45, 2.75) is 25.6 Å². The Kier molecular flexibility index (Phi) is 3.62. The number of nitrogens with zero attached hydrogens (tertiary/aromatic N) is 1. The van der Waals surface area contributed by atoms with E-state index in [0.29, 0.717) is 5.88 Å². The van der Waals surface area contributed by atoms with Gasteiger partial charge in [-0.25, -0.2) is 4.98 Å². The quantitative estimate of drug-likeness (QED) is 0.758. The molecular weight excluding hydrogens is 222 g/mol. The molecule has 2 aromatic rings. The minimum absolute atomic E-state index is 0.416. The molecule has 1 aromatic carbocycles. The summed E-state index contributed by atoms with van der Waals surface area (Å²) < 4.78 is 5.32. The summed E-state index contributed by atoms with van der Waals surface area (Å²) in [4.78, 5) is 4.07. The zero-order valence-corrected chi connectivity index (χ0v) is 10.00. The van der Waals surface area contributed by atoms with Gasteiger partial charge in [-0.15, -0.1) is 11.6 Å². The lowest BCUT2D eigenvalue weighted by Gasteiger charge is -2.04. The molecule has 0 fully saturated rings. The molecule has 0 spiro atoms. The lowest BCUT2D eigenvalue weighted by molar-refractivity contribution is 0.500. The van der Waals surface area contributed by atoms with E-state index in [2.05, 4.69) is 36.2 Å². The molecule has 0 aliphatic heterocycles. The molecule has 0 saturated carbocycles. The summed E-state index contributed by atoms with van der Waals surface area (Å²) in [5.74, 6) is 1.32. The Morgan fingerprint density at radius 1 is 1.25 bits per heavy atom. The zero-order valence-electron chi connectivity index (χ0n) is 9.24. The molecule has 0 aliphatic rings. The van der Waals surface area contributed by atoms with Gasteiger partial charge in [0.25, 0.3) is 0 Å². The molecule has 2 rings (SSSR count). The minimum Gasteiger partial charge on any atom is -0.448 e. The van der Waals surface area contributed by atoms with Crippen LogP contribution in [-0.2, 0) is 18.7 Å². The number of hydrogen-bond acceptors (Lipinski definition) is 2. The molecule has 0 N–H and O–H groups in total. The highest BCUT2D eigenvalue weighted by Gasteiger charge is 2.07. The van der Waals surface area contributed by atoms with Crippen molar-refractivity contribution in [2.24, 2.45) is 0 Å². The Hall–Kier alpha value is -1.28. The first-order valence-corrected chi connectivity index (χ1v) is 5.86. The molecule has 0 radical (unpaired) electrons. The van der Waals surface area contributed by atoms with Gasteiger partial charge in [0.2, 0.25) is 0 Å². The third kappa shape index (κ3) is 2.45. The maximum Gasteiger partial charge on any atom is 0.181 e. The number of halogens is 1. The van der Waals surface area contributed by atoms with Crippen LogP contribution in [0.3, 0.4) is 0 Å². The number of hydrogen-bond donors (Lipinski definition) is 0. The van der Waals surface area contributed by atoms with Gasteiger partial charge >= 0.3 is 0 Å². The van der Waals surface area contributed by atoms with Gasteiger partial charge in [0.05, 0.1) is 11.6 Å². The standard InChI is InChI=1S/C13H14ClNO/c1-10-4-2-3-5-11(10)6-7-13-12(8-14)15-9-16-13/h2-5,9H,6-8H2,1H3. The maximum atomic E-state index is 5.76. The Morgan fingerprint density at radius 3 is 2.81 bits per heavy atom. The van der Waals surface area contributed by atoms with Gasteiger partial charge in [-0.05, 0) is 24.5 Å². The lowest BCUT2D eigenvalue weighted by atomic mass is 10.0. The second-order valence-corrected chi connectivity index (χ2v) is 4.05. The van der Waals surface area contributed by atoms with Crippen LogP contribution in [0.25, 0.3) is 0 Å². The third-order valence-electron chi connectivity index (χ3n) is 2.73. The van der Waals surface area contributed by atoms with Gasteiger partial charge in [0.1, 0.15) is 5.76 Å². The number of oxazole rings is 1. The molecule has 0 saturated heterocycles. The lowest BCUT2D eigenvalue weighted by Crippen LogP contribution is -1.95. The normalized spacial score (nSPS) is 10.6. The van der Waals surface area contributed by atoms with Crippen LogP contribution in [0.5, 0.6) is 0 Å². The van der Waals surface area contributed by atoms with Crippen LogP contribution >= 0.6 is 11.6 Å². The van der Waals surface area contributed by atoms with E-state index in [9.17, 15) is 0 Å². The van der Waals surface area contributed by atoms with Gasteiger partial charge < -0.3 is 4.42 Å². The van der Waals surface area contributed by atoms with Crippen molar-refractivity contribution in [1.29, 1.82) is 0 Å². The van der Waals surface area contributed by atoms with Crippen molar-refractivity contribution in [3.8, 4) is 0 Å². The summed E-state index contributed by atoms with van der Waals surface area (Å²) in [7, 11) is 0. The highest BCUT2D eigenvalue weighted by Crippen LogP contribution is 2.15. The van der Waals surface area contributed by atoms with E-state index >= 15 is 0 Å². The molecule has 1 heterocycles. The summed E-state index contributed by atoms with van der Waals surface area (Å²) in [6.07, 6.45) is 3.28. The molecular formula is C13H14ClNO. The average molecular weight is 236 g/mol. The Morgan fingerprint density at radius 2 is 2.06 bits per heavy atom. The number of aryl methyl sites for hydroxylation is 3. The molecule has 0 unspecified atom stereocenters. The van der Waals surface area contributed by atoms with Gasteiger partial charge in [-0.1, -0.05) is 24.3 Å². The number of alkyl halides is 1. The van der Waals surface area contributed by atoms with Gasteiger partial charge in [0.15, 0.2) is 6.39 Å². The fourth-order valence-electron chi connectivity index (χ4n) is 1.74. The Balaban J connectivity index is 2.05. The fraction of sp³-hybridized carbons (Fsp3) is 0.308. The van der Waals surface area contributed by atoms with Crippen LogP contribution in [0.15, 0.2) is 35.1 Å². The molecule has 2 nitrogen and oxygen atoms in total. The molecule has 16 heavy (non-hydrogen) atoms. The van der Waals surface area contributed by atoms with Crippen molar-refractivity contribution in [3.63, 3.8) is 0 Å². The van der Waals surface area contributed by atoms with Crippen LogP contribution in [-0.4, -0.2) is 4.98 Å². The van der Waals surface area contributed by atoms with Gasteiger partial charge in [-0.2, -0.15) is 0 Å². The topological polar surface area (TPSA) is 26.0 Å². The zero-order chi connectivity index (χ0) is 11.4. The van der Waals surface area contributed by atoms with Gasteiger partial charge in [0, 0.05) is 6.42 Å². The predicted molar refractivity (Wildman–Crippen MR) is 64.6 cm³/mol. The van der Waals surface area contributed by atoms with E-state index in [1.165, 1.54) is 17.5 Å². The van der Waals surface area contributed by atoms with Gasteiger partial charge in [-0.3, -0.25) is 0 Å². The molecule has 0 bridgehead atoms. The number of rotatable bonds is 4. The first kappa shape index (κ1) is 11.2.